The van der Waals surface area contributed by atoms with Gasteiger partial charge in [0.2, 0.25) is 0 Å². The SMILES string of the molecule is Cc1ccc(C(=O)O)cc1NC(=O)c1ccco1. The summed E-state index contributed by atoms with van der Waals surface area (Å²) in [6.07, 6.45) is 1.40. The van der Waals surface area contributed by atoms with Gasteiger partial charge in [0.15, 0.2) is 5.76 Å². The predicted molar refractivity (Wildman–Crippen MR) is 64.8 cm³/mol. The number of anilines is 1. The predicted octanol–water partition coefficient (Wildman–Crippen LogP) is 2.54. The van der Waals surface area contributed by atoms with Gasteiger partial charge in [0, 0.05) is 5.69 Å². The second-order valence-corrected chi connectivity index (χ2v) is 3.77. The first-order valence-corrected chi connectivity index (χ1v) is 5.27. The first-order valence-electron chi connectivity index (χ1n) is 5.27. The zero-order valence-corrected chi connectivity index (χ0v) is 9.64. The molecule has 0 spiro atoms. The van der Waals surface area contributed by atoms with Crippen LogP contribution in [0.5, 0.6) is 0 Å². The number of furan rings is 1. The Balaban J connectivity index is 2.26. The Hall–Kier alpha value is -2.56. The van der Waals surface area contributed by atoms with Crippen LogP contribution in [0.25, 0.3) is 0 Å². The molecule has 0 saturated heterocycles. The maximum Gasteiger partial charge on any atom is 0.335 e. The summed E-state index contributed by atoms with van der Waals surface area (Å²) in [5.74, 6) is -1.27. The summed E-state index contributed by atoms with van der Waals surface area (Å²) in [6, 6.07) is 7.68. The van der Waals surface area contributed by atoms with Gasteiger partial charge in [-0.25, -0.2) is 4.79 Å². The largest absolute Gasteiger partial charge is 0.478 e. The van der Waals surface area contributed by atoms with Gasteiger partial charge in [-0.15, -0.1) is 0 Å². The lowest BCUT2D eigenvalue weighted by atomic mass is 10.1. The van der Waals surface area contributed by atoms with Gasteiger partial charge in [0.25, 0.3) is 5.91 Å². The van der Waals surface area contributed by atoms with Gasteiger partial charge in [-0.1, -0.05) is 6.07 Å². The van der Waals surface area contributed by atoms with Crippen molar-refractivity contribution < 1.29 is 19.1 Å². The van der Waals surface area contributed by atoms with Crippen LogP contribution in [0.2, 0.25) is 0 Å². The van der Waals surface area contributed by atoms with E-state index in [-0.39, 0.29) is 11.3 Å². The van der Waals surface area contributed by atoms with Crippen molar-refractivity contribution in [2.75, 3.05) is 5.32 Å². The minimum Gasteiger partial charge on any atom is -0.478 e. The highest BCUT2D eigenvalue weighted by Crippen LogP contribution is 2.18. The van der Waals surface area contributed by atoms with Crippen molar-refractivity contribution in [1.82, 2.24) is 0 Å². The van der Waals surface area contributed by atoms with Crippen LogP contribution >= 0.6 is 0 Å². The number of aromatic carboxylic acids is 1. The van der Waals surface area contributed by atoms with Crippen molar-refractivity contribution in [2.24, 2.45) is 0 Å². The third-order valence-electron chi connectivity index (χ3n) is 2.48. The Kier molecular flexibility index (Phi) is 3.14. The second-order valence-electron chi connectivity index (χ2n) is 3.77. The standard InChI is InChI=1S/C13H11NO4/c1-8-4-5-9(13(16)17)7-10(8)14-12(15)11-3-2-6-18-11/h2-7H,1H3,(H,14,15)(H,16,17). The van der Waals surface area contributed by atoms with Crippen molar-refractivity contribution in [3.8, 4) is 0 Å². The smallest absolute Gasteiger partial charge is 0.335 e. The van der Waals surface area contributed by atoms with Gasteiger partial charge in [-0.05, 0) is 36.8 Å². The monoisotopic (exact) mass is 245 g/mol. The van der Waals surface area contributed by atoms with Crippen molar-refractivity contribution in [3.63, 3.8) is 0 Å². The number of aryl methyl sites for hydroxylation is 1. The first kappa shape index (κ1) is 11.9. The van der Waals surface area contributed by atoms with Crippen LogP contribution < -0.4 is 5.32 Å². The van der Waals surface area contributed by atoms with Gasteiger partial charge in [0.1, 0.15) is 0 Å². The van der Waals surface area contributed by atoms with E-state index in [0.29, 0.717) is 5.69 Å². The van der Waals surface area contributed by atoms with E-state index in [1.165, 1.54) is 24.5 Å². The molecule has 2 rings (SSSR count). The number of carbonyl (C=O) groups is 2. The van der Waals surface area contributed by atoms with Crippen LogP contribution in [0.1, 0.15) is 26.5 Å². The fourth-order valence-corrected chi connectivity index (χ4v) is 1.48. The van der Waals surface area contributed by atoms with Gasteiger partial charge in [-0.3, -0.25) is 4.79 Å². The number of amides is 1. The molecular formula is C13H11NO4. The topological polar surface area (TPSA) is 79.5 Å². The Labute approximate surface area is 103 Å². The van der Waals surface area contributed by atoms with Crippen LogP contribution in [0, 0.1) is 6.92 Å². The van der Waals surface area contributed by atoms with Crippen LogP contribution in [0.3, 0.4) is 0 Å². The van der Waals surface area contributed by atoms with Crippen molar-refractivity contribution in [3.05, 3.63) is 53.5 Å². The minimum absolute atomic E-state index is 0.121. The number of hydrogen-bond donors (Lipinski definition) is 2. The summed E-state index contributed by atoms with van der Waals surface area (Å²) in [7, 11) is 0. The van der Waals surface area contributed by atoms with Gasteiger partial charge >= 0.3 is 5.97 Å². The van der Waals surface area contributed by atoms with Crippen LogP contribution in [0.4, 0.5) is 5.69 Å². The lowest BCUT2D eigenvalue weighted by Gasteiger charge is -2.07. The summed E-state index contributed by atoms with van der Waals surface area (Å²) >= 11 is 0. The number of carboxylic acids is 1. The number of hydrogen-bond acceptors (Lipinski definition) is 3. The molecule has 5 heteroatoms. The molecule has 5 nitrogen and oxygen atoms in total. The molecule has 0 aliphatic rings. The van der Waals surface area contributed by atoms with Crippen LogP contribution in [-0.2, 0) is 0 Å². The molecule has 0 unspecified atom stereocenters. The number of nitrogens with one attached hydrogen (secondary N) is 1. The average molecular weight is 245 g/mol. The van der Waals surface area contributed by atoms with Crippen LogP contribution in [-0.4, -0.2) is 17.0 Å². The summed E-state index contributed by atoms with van der Waals surface area (Å²) in [6.45, 7) is 1.78. The Bertz CT molecular complexity index is 587. The molecule has 1 aromatic carbocycles. The number of rotatable bonds is 3. The van der Waals surface area contributed by atoms with E-state index in [1.54, 1.807) is 19.1 Å². The minimum atomic E-state index is -1.04. The molecule has 2 N–H and O–H groups in total. The summed E-state index contributed by atoms with van der Waals surface area (Å²) in [5, 5.41) is 11.5. The molecule has 1 heterocycles. The van der Waals surface area contributed by atoms with Crippen LogP contribution in [0.15, 0.2) is 41.0 Å². The zero-order chi connectivity index (χ0) is 13.1. The molecule has 0 radical (unpaired) electrons. The maximum atomic E-state index is 11.8. The highest BCUT2D eigenvalue weighted by atomic mass is 16.4. The van der Waals surface area contributed by atoms with E-state index >= 15 is 0 Å². The summed E-state index contributed by atoms with van der Waals surface area (Å²) in [4.78, 5) is 22.6. The van der Waals surface area contributed by atoms with Crippen molar-refractivity contribution in [2.45, 2.75) is 6.92 Å². The molecule has 2 aromatic rings. The molecule has 0 saturated carbocycles. The van der Waals surface area contributed by atoms with E-state index in [1.807, 2.05) is 0 Å². The summed E-state index contributed by atoms with van der Waals surface area (Å²) < 4.78 is 4.96. The molecule has 0 bridgehead atoms. The molecule has 0 atom stereocenters. The molecular weight excluding hydrogens is 234 g/mol. The zero-order valence-electron chi connectivity index (χ0n) is 9.64. The quantitative estimate of drug-likeness (QED) is 0.870. The summed E-state index contributed by atoms with van der Waals surface area (Å²) in [5.41, 5.74) is 1.35. The Morgan fingerprint density at radius 3 is 2.67 bits per heavy atom. The molecule has 0 aliphatic heterocycles. The van der Waals surface area contributed by atoms with Gasteiger partial charge in [0.05, 0.1) is 11.8 Å². The average Bonchev–Trinajstić information content (AvgIpc) is 2.85. The normalized spacial score (nSPS) is 10.1. The third-order valence-corrected chi connectivity index (χ3v) is 2.48. The van der Waals surface area contributed by atoms with E-state index in [4.69, 9.17) is 9.52 Å². The van der Waals surface area contributed by atoms with Gasteiger partial charge in [-0.2, -0.15) is 0 Å². The van der Waals surface area contributed by atoms with E-state index in [2.05, 4.69) is 5.32 Å². The molecule has 18 heavy (non-hydrogen) atoms. The molecule has 1 amide bonds. The number of carboxylic acid groups (broad SMARTS) is 1. The van der Waals surface area contributed by atoms with E-state index in [9.17, 15) is 9.59 Å². The molecule has 0 fully saturated rings. The Morgan fingerprint density at radius 2 is 2.06 bits per heavy atom. The fraction of sp³-hybridized carbons (Fsp3) is 0.0769. The lowest BCUT2D eigenvalue weighted by molar-refractivity contribution is 0.0696. The molecule has 92 valence electrons. The lowest BCUT2D eigenvalue weighted by Crippen LogP contribution is -2.12. The third kappa shape index (κ3) is 2.40. The first-order chi connectivity index (χ1) is 8.58. The molecule has 1 aromatic heterocycles. The number of carbonyl (C=O) groups excluding carboxylic acids is 1. The van der Waals surface area contributed by atoms with Crippen molar-refractivity contribution >= 4 is 17.6 Å². The second kappa shape index (κ2) is 4.75. The number of benzene rings is 1. The highest BCUT2D eigenvalue weighted by molar-refractivity contribution is 6.03. The van der Waals surface area contributed by atoms with E-state index in [0.717, 1.165) is 5.56 Å². The Morgan fingerprint density at radius 1 is 1.28 bits per heavy atom. The fourth-order valence-electron chi connectivity index (χ4n) is 1.48. The van der Waals surface area contributed by atoms with E-state index < -0.39 is 11.9 Å². The maximum absolute atomic E-state index is 11.8. The molecule has 0 aliphatic carbocycles. The highest BCUT2D eigenvalue weighted by Gasteiger charge is 2.12. The van der Waals surface area contributed by atoms with Gasteiger partial charge < -0.3 is 14.8 Å². The van der Waals surface area contributed by atoms with Crippen molar-refractivity contribution in [1.29, 1.82) is 0 Å².